The van der Waals surface area contributed by atoms with Crippen LogP contribution in [0.1, 0.15) is 5.82 Å². The van der Waals surface area contributed by atoms with E-state index in [2.05, 4.69) is 15.1 Å². The second-order valence-electron chi connectivity index (χ2n) is 4.34. The Kier molecular flexibility index (Phi) is 9.46. The Morgan fingerprint density at radius 3 is 2.72 bits per heavy atom. The van der Waals surface area contributed by atoms with E-state index in [9.17, 15) is 25.0 Å². The Morgan fingerprint density at radius 2 is 2.04 bits per heavy atom. The summed E-state index contributed by atoms with van der Waals surface area (Å²) in [6.45, 7) is 2.11. The highest BCUT2D eigenvalue weighted by molar-refractivity contribution is 8.76. The smallest absolute Gasteiger partial charge is 0.407 e. The lowest BCUT2D eigenvalue weighted by molar-refractivity contribution is -0.756. The SMILES string of the molecule is Cc1ncc([N+](=O)[O-])n1CCOC(=O)NCCSSCCO[N+](=O)[O-]. The highest BCUT2D eigenvalue weighted by atomic mass is 33.1. The lowest BCUT2D eigenvalue weighted by Crippen LogP contribution is -2.27. The van der Waals surface area contributed by atoms with Crippen LogP contribution in [-0.2, 0) is 16.1 Å². The Bertz CT molecular complexity index is 597. The summed E-state index contributed by atoms with van der Waals surface area (Å²) < 4.78 is 6.30. The maximum atomic E-state index is 11.5. The van der Waals surface area contributed by atoms with Crippen LogP contribution >= 0.6 is 21.6 Å². The van der Waals surface area contributed by atoms with Crippen LogP contribution in [0.2, 0.25) is 0 Å². The summed E-state index contributed by atoms with van der Waals surface area (Å²) in [5, 5.41) is 22.4. The van der Waals surface area contributed by atoms with Gasteiger partial charge in [-0.15, -0.1) is 10.1 Å². The van der Waals surface area contributed by atoms with Crippen molar-refractivity contribution in [2.75, 3.05) is 31.3 Å². The van der Waals surface area contributed by atoms with E-state index in [1.54, 1.807) is 6.92 Å². The molecule has 0 bridgehead atoms. The summed E-state index contributed by atoms with van der Waals surface area (Å²) in [5.74, 6) is 1.35. The minimum atomic E-state index is -0.845. The zero-order valence-corrected chi connectivity index (χ0v) is 14.9. The van der Waals surface area contributed by atoms with Crippen LogP contribution in [0, 0.1) is 27.2 Å². The molecule has 14 heteroatoms. The Balaban J connectivity index is 2.09. The van der Waals surface area contributed by atoms with Crippen LogP contribution in [-0.4, -0.2) is 56.9 Å². The van der Waals surface area contributed by atoms with Gasteiger partial charge < -0.3 is 25.0 Å². The van der Waals surface area contributed by atoms with Crippen molar-refractivity contribution in [1.29, 1.82) is 0 Å². The van der Waals surface area contributed by atoms with Gasteiger partial charge in [0, 0.05) is 25.0 Å². The fourth-order valence-electron chi connectivity index (χ4n) is 1.62. The Hall–Kier alpha value is -2.22. The predicted octanol–water partition coefficient (Wildman–Crippen LogP) is 1.42. The number of carbonyl (C=O) groups excluding carboxylic acids is 1. The molecule has 0 unspecified atom stereocenters. The van der Waals surface area contributed by atoms with Crippen LogP contribution in [0.15, 0.2) is 6.20 Å². The molecule has 25 heavy (non-hydrogen) atoms. The highest BCUT2D eigenvalue weighted by Gasteiger charge is 2.17. The molecule has 1 aromatic heterocycles. The molecule has 0 radical (unpaired) electrons. The van der Waals surface area contributed by atoms with Gasteiger partial charge in [0.15, 0.2) is 5.82 Å². The third-order valence-electron chi connectivity index (χ3n) is 2.67. The average molecular weight is 395 g/mol. The molecule has 0 aromatic carbocycles. The number of carbonyl (C=O) groups is 1. The van der Waals surface area contributed by atoms with Gasteiger partial charge in [0.1, 0.15) is 26.0 Å². The number of hydrogen-bond donors (Lipinski definition) is 1. The number of hydrogen-bond acceptors (Lipinski definition) is 10. The molecular weight excluding hydrogens is 378 g/mol. The van der Waals surface area contributed by atoms with E-state index in [1.807, 2.05) is 0 Å². The molecule has 0 aliphatic heterocycles. The van der Waals surface area contributed by atoms with Gasteiger partial charge in [-0.3, -0.25) is 0 Å². The van der Waals surface area contributed by atoms with Crippen LogP contribution in [0.5, 0.6) is 0 Å². The molecular formula is C11H17N5O7S2. The van der Waals surface area contributed by atoms with Crippen molar-refractivity contribution in [3.8, 4) is 0 Å². The molecule has 0 atom stereocenters. The van der Waals surface area contributed by atoms with Gasteiger partial charge in [0.05, 0.1) is 0 Å². The first-order valence-electron chi connectivity index (χ1n) is 7.00. The number of rotatable bonds is 12. The van der Waals surface area contributed by atoms with Crippen molar-refractivity contribution >= 4 is 33.5 Å². The Labute approximate surface area is 150 Å². The normalized spacial score (nSPS) is 10.3. The molecule has 12 nitrogen and oxygen atoms in total. The number of ether oxygens (including phenoxy) is 1. The van der Waals surface area contributed by atoms with Crippen LogP contribution in [0.4, 0.5) is 10.6 Å². The monoisotopic (exact) mass is 395 g/mol. The molecule has 140 valence electrons. The quantitative estimate of drug-likeness (QED) is 0.238. The molecule has 1 rings (SSSR count). The van der Waals surface area contributed by atoms with Gasteiger partial charge >= 0.3 is 11.9 Å². The van der Waals surface area contributed by atoms with E-state index in [1.165, 1.54) is 26.2 Å². The summed E-state index contributed by atoms with van der Waals surface area (Å²) >= 11 is 0. The third-order valence-corrected chi connectivity index (χ3v) is 5.04. The number of nitro groups is 1. The fraction of sp³-hybridized carbons (Fsp3) is 0.636. The highest BCUT2D eigenvalue weighted by Crippen LogP contribution is 2.19. The molecule has 0 saturated carbocycles. The van der Waals surface area contributed by atoms with E-state index in [-0.39, 0.29) is 25.6 Å². The van der Waals surface area contributed by atoms with Crippen molar-refractivity contribution < 1.29 is 24.4 Å². The minimum absolute atomic E-state index is 0.0138. The van der Waals surface area contributed by atoms with Gasteiger partial charge in [-0.05, 0) is 4.92 Å². The van der Waals surface area contributed by atoms with Crippen molar-refractivity contribution in [3.05, 3.63) is 32.2 Å². The lowest BCUT2D eigenvalue weighted by Gasteiger charge is -2.07. The maximum Gasteiger partial charge on any atom is 0.407 e. The molecule has 0 saturated heterocycles. The molecule has 0 fully saturated rings. The van der Waals surface area contributed by atoms with Gasteiger partial charge in [-0.2, -0.15) is 0 Å². The molecule has 1 heterocycles. The predicted molar refractivity (Wildman–Crippen MR) is 90.8 cm³/mol. The summed E-state index contributed by atoms with van der Waals surface area (Å²) in [7, 11) is 2.82. The van der Waals surface area contributed by atoms with Crippen LogP contribution in [0.25, 0.3) is 0 Å². The van der Waals surface area contributed by atoms with Crippen LogP contribution < -0.4 is 5.32 Å². The van der Waals surface area contributed by atoms with Crippen LogP contribution in [0.3, 0.4) is 0 Å². The van der Waals surface area contributed by atoms with Gasteiger partial charge in [0.2, 0.25) is 0 Å². The summed E-state index contributed by atoms with van der Waals surface area (Å²) in [6.07, 6.45) is 0.531. The molecule has 1 N–H and O–H groups in total. The van der Waals surface area contributed by atoms with E-state index in [4.69, 9.17) is 4.74 Å². The standard InChI is InChI=1S/C11H17N5O7S2/c1-9-13-8-10(15(18)19)14(9)3-4-22-11(17)12-2-6-24-25-7-5-23-16(20)21/h8H,2-7H2,1H3,(H,12,17). The zero-order valence-electron chi connectivity index (χ0n) is 13.3. The molecule has 0 aliphatic carbocycles. The molecule has 1 aromatic rings. The minimum Gasteiger partial charge on any atom is -0.445 e. The number of alkyl carbamates (subject to hydrolysis) is 1. The van der Waals surface area contributed by atoms with Gasteiger partial charge in [-0.25, -0.2) is 14.3 Å². The topological polar surface area (TPSA) is 152 Å². The number of imidazole rings is 1. The van der Waals surface area contributed by atoms with E-state index in [0.717, 1.165) is 6.20 Å². The largest absolute Gasteiger partial charge is 0.445 e. The second kappa shape index (κ2) is 11.4. The summed E-state index contributed by atoms with van der Waals surface area (Å²) in [5.41, 5.74) is 0. The first kappa shape index (κ1) is 20.8. The molecule has 0 aliphatic rings. The lowest BCUT2D eigenvalue weighted by atomic mass is 10.6. The van der Waals surface area contributed by atoms with Gasteiger partial charge in [-0.1, -0.05) is 21.6 Å². The first-order chi connectivity index (χ1) is 11.9. The van der Waals surface area contributed by atoms with Crippen molar-refractivity contribution in [3.63, 3.8) is 0 Å². The fourth-order valence-corrected chi connectivity index (χ4v) is 3.34. The summed E-state index contributed by atoms with van der Waals surface area (Å²) in [4.78, 5) is 39.6. The second-order valence-corrected chi connectivity index (χ2v) is 7.04. The summed E-state index contributed by atoms with van der Waals surface area (Å²) in [6, 6.07) is 0. The third kappa shape index (κ3) is 8.44. The van der Waals surface area contributed by atoms with E-state index < -0.39 is 16.1 Å². The van der Waals surface area contributed by atoms with Crippen molar-refractivity contribution in [1.82, 2.24) is 14.9 Å². The Morgan fingerprint density at radius 1 is 1.32 bits per heavy atom. The maximum absolute atomic E-state index is 11.5. The number of aromatic nitrogens is 2. The zero-order chi connectivity index (χ0) is 18.7. The first-order valence-corrected chi connectivity index (χ1v) is 9.49. The average Bonchev–Trinajstić information content (AvgIpc) is 2.91. The molecule has 1 amide bonds. The molecule has 0 spiro atoms. The van der Waals surface area contributed by atoms with Crippen molar-refractivity contribution in [2.24, 2.45) is 0 Å². The number of aryl methyl sites for hydroxylation is 1. The number of nitrogens with one attached hydrogen (secondary N) is 1. The number of nitrogens with zero attached hydrogens (tertiary/aromatic N) is 4. The van der Waals surface area contributed by atoms with E-state index in [0.29, 0.717) is 23.9 Å². The van der Waals surface area contributed by atoms with E-state index >= 15 is 0 Å². The number of amides is 1. The van der Waals surface area contributed by atoms with Crippen molar-refractivity contribution in [2.45, 2.75) is 13.5 Å². The van der Waals surface area contributed by atoms with Gasteiger partial charge in [0.25, 0.3) is 5.09 Å².